The van der Waals surface area contributed by atoms with E-state index in [1.165, 1.54) is 12.1 Å². The number of aromatic carboxylic acids is 1. The van der Waals surface area contributed by atoms with Gasteiger partial charge in [-0.15, -0.1) is 0 Å². The highest BCUT2D eigenvalue weighted by molar-refractivity contribution is 5.92. The number of urea groups is 1. The molecule has 0 fully saturated rings. The fourth-order valence-corrected chi connectivity index (χ4v) is 1.68. The molecule has 6 nitrogen and oxygen atoms in total. The zero-order valence-electron chi connectivity index (χ0n) is 11.9. The van der Waals surface area contributed by atoms with Crippen molar-refractivity contribution in [3.63, 3.8) is 0 Å². The van der Waals surface area contributed by atoms with Gasteiger partial charge < -0.3 is 20.5 Å². The number of nitrogens with one attached hydrogen (secondary N) is 2. The van der Waals surface area contributed by atoms with Crippen LogP contribution in [0.15, 0.2) is 18.2 Å². The van der Waals surface area contributed by atoms with E-state index in [9.17, 15) is 9.59 Å². The summed E-state index contributed by atoms with van der Waals surface area (Å²) in [6.45, 7) is 6.51. The van der Waals surface area contributed by atoms with Crippen molar-refractivity contribution in [3.05, 3.63) is 29.3 Å². The fourth-order valence-electron chi connectivity index (χ4n) is 1.68. The molecule has 1 aromatic rings. The minimum Gasteiger partial charge on any atom is -0.478 e. The number of aryl methyl sites for hydroxylation is 1. The molecule has 0 saturated heterocycles. The molecule has 0 spiro atoms. The summed E-state index contributed by atoms with van der Waals surface area (Å²) in [5.74, 6) is -0.991. The Bertz CT molecular complexity index is 488. The van der Waals surface area contributed by atoms with E-state index in [4.69, 9.17) is 9.84 Å². The summed E-state index contributed by atoms with van der Waals surface area (Å²) in [5.41, 5.74) is 1.47. The second-order valence-electron chi connectivity index (χ2n) is 4.44. The number of anilines is 1. The highest BCUT2D eigenvalue weighted by Crippen LogP contribution is 2.16. The standard InChI is InChI=1S/C14H20N2O4/c1-4-20-10(3)8-15-14(19)16-12-6-5-11(13(17)18)7-9(12)2/h5-7,10H,4,8H2,1-3H3,(H,17,18)(H2,15,16,19). The van der Waals surface area contributed by atoms with Crippen molar-refractivity contribution in [2.45, 2.75) is 26.9 Å². The molecule has 1 aromatic carbocycles. The number of carbonyl (C=O) groups is 2. The predicted octanol–water partition coefficient (Wildman–Crippen LogP) is 2.24. The summed E-state index contributed by atoms with van der Waals surface area (Å²) in [6.07, 6.45) is -0.0544. The van der Waals surface area contributed by atoms with Gasteiger partial charge in [0, 0.05) is 18.8 Å². The summed E-state index contributed by atoms with van der Waals surface area (Å²) in [7, 11) is 0. The van der Waals surface area contributed by atoms with Gasteiger partial charge in [0.15, 0.2) is 0 Å². The zero-order chi connectivity index (χ0) is 15.1. The second-order valence-corrected chi connectivity index (χ2v) is 4.44. The van der Waals surface area contributed by atoms with Crippen molar-refractivity contribution >= 4 is 17.7 Å². The molecule has 6 heteroatoms. The largest absolute Gasteiger partial charge is 0.478 e. The van der Waals surface area contributed by atoms with Crippen molar-refractivity contribution < 1.29 is 19.4 Å². The van der Waals surface area contributed by atoms with Gasteiger partial charge in [-0.25, -0.2) is 9.59 Å². The van der Waals surface area contributed by atoms with Gasteiger partial charge in [0.2, 0.25) is 0 Å². The van der Waals surface area contributed by atoms with Gasteiger partial charge in [-0.2, -0.15) is 0 Å². The van der Waals surface area contributed by atoms with Crippen LogP contribution in [-0.2, 0) is 4.74 Å². The van der Waals surface area contributed by atoms with Crippen molar-refractivity contribution in [3.8, 4) is 0 Å². The van der Waals surface area contributed by atoms with Gasteiger partial charge in [0.25, 0.3) is 0 Å². The van der Waals surface area contributed by atoms with E-state index in [-0.39, 0.29) is 17.7 Å². The Labute approximate surface area is 118 Å². The lowest BCUT2D eigenvalue weighted by Crippen LogP contribution is -2.35. The van der Waals surface area contributed by atoms with Crippen LogP contribution < -0.4 is 10.6 Å². The van der Waals surface area contributed by atoms with Crippen molar-refractivity contribution in [2.75, 3.05) is 18.5 Å². The first-order valence-electron chi connectivity index (χ1n) is 6.44. The highest BCUT2D eigenvalue weighted by atomic mass is 16.5. The van der Waals surface area contributed by atoms with E-state index in [1.807, 2.05) is 13.8 Å². The van der Waals surface area contributed by atoms with Gasteiger partial charge in [-0.3, -0.25) is 0 Å². The van der Waals surface area contributed by atoms with Crippen molar-refractivity contribution in [1.29, 1.82) is 0 Å². The van der Waals surface area contributed by atoms with Crippen LogP contribution in [0.5, 0.6) is 0 Å². The van der Waals surface area contributed by atoms with Crippen LogP contribution in [-0.4, -0.2) is 36.4 Å². The molecule has 0 heterocycles. The molecule has 0 bridgehead atoms. The summed E-state index contributed by atoms with van der Waals surface area (Å²) in [5, 5.41) is 14.2. The minimum absolute atomic E-state index is 0.0544. The van der Waals surface area contributed by atoms with Crippen LogP contribution in [0.3, 0.4) is 0 Å². The average Bonchev–Trinajstić information content (AvgIpc) is 2.39. The molecule has 0 aliphatic rings. The first kappa shape index (κ1) is 16.0. The molecular weight excluding hydrogens is 260 g/mol. The minimum atomic E-state index is -0.991. The number of rotatable bonds is 6. The fraction of sp³-hybridized carbons (Fsp3) is 0.429. The third kappa shape index (κ3) is 4.89. The number of carboxylic acid groups (broad SMARTS) is 1. The smallest absolute Gasteiger partial charge is 0.335 e. The Morgan fingerprint density at radius 2 is 2.10 bits per heavy atom. The maximum absolute atomic E-state index is 11.7. The number of carbonyl (C=O) groups excluding carboxylic acids is 1. The monoisotopic (exact) mass is 280 g/mol. The number of benzene rings is 1. The first-order chi connectivity index (χ1) is 9.43. The number of hydrogen-bond acceptors (Lipinski definition) is 3. The SMILES string of the molecule is CCOC(C)CNC(=O)Nc1ccc(C(=O)O)cc1C. The molecule has 1 rings (SSSR count). The van der Waals surface area contributed by atoms with Crippen LogP contribution >= 0.6 is 0 Å². The topological polar surface area (TPSA) is 87.7 Å². The Balaban J connectivity index is 2.56. The molecule has 0 saturated carbocycles. The normalized spacial score (nSPS) is 11.8. The van der Waals surface area contributed by atoms with E-state index in [2.05, 4.69) is 10.6 Å². The number of amides is 2. The maximum atomic E-state index is 11.7. The molecule has 1 atom stereocenters. The molecule has 3 N–H and O–H groups in total. The van der Waals surface area contributed by atoms with Crippen molar-refractivity contribution in [2.24, 2.45) is 0 Å². The third-order valence-electron chi connectivity index (χ3n) is 2.72. The molecular formula is C14H20N2O4. The Kier molecular flexibility index (Phi) is 5.99. The van der Waals surface area contributed by atoms with E-state index in [0.29, 0.717) is 24.4 Å². The predicted molar refractivity (Wildman–Crippen MR) is 76.2 cm³/mol. The summed E-state index contributed by atoms with van der Waals surface area (Å²) in [6, 6.07) is 4.20. The number of carboxylic acids is 1. The highest BCUT2D eigenvalue weighted by Gasteiger charge is 2.09. The van der Waals surface area contributed by atoms with Crippen LogP contribution in [0.4, 0.5) is 10.5 Å². The van der Waals surface area contributed by atoms with Crippen LogP contribution in [0.2, 0.25) is 0 Å². The molecule has 1 unspecified atom stereocenters. The lowest BCUT2D eigenvalue weighted by Gasteiger charge is -2.14. The van der Waals surface area contributed by atoms with Crippen LogP contribution in [0.25, 0.3) is 0 Å². The summed E-state index contributed by atoms with van der Waals surface area (Å²) >= 11 is 0. The van der Waals surface area contributed by atoms with Gasteiger partial charge in [0.05, 0.1) is 11.7 Å². The van der Waals surface area contributed by atoms with E-state index in [1.54, 1.807) is 13.0 Å². The van der Waals surface area contributed by atoms with E-state index >= 15 is 0 Å². The Morgan fingerprint density at radius 1 is 1.40 bits per heavy atom. The lowest BCUT2D eigenvalue weighted by molar-refractivity contribution is 0.0696. The Hall–Kier alpha value is -2.08. The summed E-state index contributed by atoms with van der Waals surface area (Å²) < 4.78 is 5.30. The maximum Gasteiger partial charge on any atom is 0.335 e. The number of hydrogen-bond donors (Lipinski definition) is 3. The molecule has 110 valence electrons. The zero-order valence-corrected chi connectivity index (χ0v) is 11.9. The number of ether oxygens (including phenoxy) is 1. The van der Waals surface area contributed by atoms with E-state index < -0.39 is 5.97 Å². The van der Waals surface area contributed by atoms with Crippen LogP contribution in [0, 0.1) is 6.92 Å². The molecule has 0 radical (unpaired) electrons. The molecule has 0 aliphatic heterocycles. The van der Waals surface area contributed by atoms with Crippen LogP contribution in [0.1, 0.15) is 29.8 Å². The van der Waals surface area contributed by atoms with Gasteiger partial charge >= 0.3 is 12.0 Å². The average molecular weight is 280 g/mol. The van der Waals surface area contributed by atoms with Gasteiger partial charge in [-0.05, 0) is 44.5 Å². The second kappa shape index (κ2) is 7.49. The summed E-state index contributed by atoms with van der Waals surface area (Å²) in [4.78, 5) is 22.5. The van der Waals surface area contributed by atoms with Gasteiger partial charge in [-0.1, -0.05) is 0 Å². The molecule has 20 heavy (non-hydrogen) atoms. The molecule has 0 aromatic heterocycles. The molecule has 0 aliphatic carbocycles. The third-order valence-corrected chi connectivity index (χ3v) is 2.72. The molecule has 2 amide bonds. The van der Waals surface area contributed by atoms with E-state index in [0.717, 1.165) is 0 Å². The lowest BCUT2D eigenvalue weighted by atomic mass is 10.1. The Morgan fingerprint density at radius 3 is 2.65 bits per heavy atom. The first-order valence-corrected chi connectivity index (χ1v) is 6.44. The van der Waals surface area contributed by atoms with Gasteiger partial charge in [0.1, 0.15) is 0 Å². The van der Waals surface area contributed by atoms with Crippen molar-refractivity contribution in [1.82, 2.24) is 5.32 Å². The quantitative estimate of drug-likeness (QED) is 0.745.